The molecule has 1 aromatic heterocycles. The summed E-state index contributed by atoms with van der Waals surface area (Å²) < 4.78 is 21.0. The number of aromatic nitrogens is 3. The van der Waals surface area contributed by atoms with Crippen LogP contribution in [0.5, 0.6) is 5.88 Å². The van der Waals surface area contributed by atoms with Crippen molar-refractivity contribution in [3.8, 4) is 11.6 Å². The Kier molecular flexibility index (Phi) is 6.64. The number of benzene rings is 2. The number of hydrogen-bond acceptors (Lipinski definition) is 6. The first-order valence-corrected chi connectivity index (χ1v) is 9.81. The van der Waals surface area contributed by atoms with Crippen LogP contribution in [-0.4, -0.2) is 41.5 Å². The zero-order valence-corrected chi connectivity index (χ0v) is 18.6. The van der Waals surface area contributed by atoms with Crippen LogP contribution in [0.15, 0.2) is 46.0 Å². The van der Waals surface area contributed by atoms with E-state index in [0.29, 0.717) is 11.3 Å². The van der Waals surface area contributed by atoms with Gasteiger partial charge in [-0.3, -0.25) is 9.59 Å². The number of halogens is 2. The largest absolute Gasteiger partial charge is 0.476 e. The van der Waals surface area contributed by atoms with Crippen LogP contribution in [0.3, 0.4) is 0 Å². The fraction of sp³-hybridized carbons (Fsp3) is 0.238. The summed E-state index contributed by atoms with van der Waals surface area (Å²) in [4.78, 5) is 39.0. The molecular weight excluding hydrogens is 441 g/mol. The summed E-state index contributed by atoms with van der Waals surface area (Å²) in [6, 6.07) is 8.76. The molecule has 3 aromatic rings. The zero-order valence-electron chi connectivity index (χ0n) is 17.8. The monoisotopic (exact) mass is 461 g/mol. The highest BCUT2D eigenvalue weighted by Gasteiger charge is 2.17. The number of ether oxygens (including phenoxy) is 1. The van der Waals surface area contributed by atoms with Gasteiger partial charge in [0.25, 0.3) is 5.88 Å². The van der Waals surface area contributed by atoms with E-state index < -0.39 is 17.1 Å². The lowest BCUT2D eigenvalue weighted by molar-refractivity contribution is -0.114. The highest BCUT2D eigenvalue weighted by molar-refractivity contribution is 6.33. The molecule has 0 radical (unpaired) electrons. The minimum atomic E-state index is -0.748. The van der Waals surface area contributed by atoms with Crippen molar-refractivity contribution in [1.29, 1.82) is 0 Å². The molecule has 0 spiro atoms. The van der Waals surface area contributed by atoms with Crippen molar-refractivity contribution in [2.24, 2.45) is 0 Å². The molecule has 0 saturated carbocycles. The molecule has 32 heavy (non-hydrogen) atoms. The highest BCUT2D eigenvalue weighted by Crippen LogP contribution is 2.24. The van der Waals surface area contributed by atoms with E-state index in [2.05, 4.69) is 10.4 Å². The third kappa shape index (κ3) is 4.65. The maximum absolute atomic E-state index is 14.0. The van der Waals surface area contributed by atoms with Gasteiger partial charge in [-0.05, 0) is 35.9 Å². The van der Waals surface area contributed by atoms with Gasteiger partial charge < -0.3 is 15.0 Å². The van der Waals surface area contributed by atoms with Crippen LogP contribution in [0.2, 0.25) is 5.02 Å². The third-order valence-electron chi connectivity index (χ3n) is 4.56. The van der Waals surface area contributed by atoms with Crippen molar-refractivity contribution in [3.05, 3.63) is 73.6 Å². The molecule has 0 fully saturated rings. The second-order valence-corrected chi connectivity index (χ2v) is 7.53. The topological polar surface area (TPSA) is 98.5 Å². The van der Waals surface area contributed by atoms with Crippen molar-refractivity contribution in [2.75, 3.05) is 31.4 Å². The van der Waals surface area contributed by atoms with Crippen LogP contribution in [0, 0.1) is 5.82 Å². The molecule has 2 aromatic carbocycles. The maximum Gasteiger partial charge on any atom is 0.352 e. The van der Waals surface area contributed by atoms with Gasteiger partial charge in [0.1, 0.15) is 5.82 Å². The summed E-state index contributed by atoms with van der Waals surface area (Å²) in [7, 11) is 4.63. The molecular formula is C21H21ClFN5O4. The van der Waals surface area contributed by atoms with Crippen LogP contribution >= 0.6 is 11.6 Å². The van der Waals surface area contributed by atoms with Gasteiger partial charge in [-0.2, -0.15) is 4.68 Å². The molecule has 9 nitrogen and oxygen atoms in total. The van der Waals surface area contributed by atoms with Gasteiger partial charge in [-0.15, -0.1) is 5.10 Å². The fourth-order valence-electron chi connectivity index (χ4n) is 3.04. The first kappa shape index (κ1) is 23.0. The number of nitrogens with zero attached hydrogens (tertiary/aromatic N) is 4. The molecule has 0 atom stereocenters. The first-order chi connectivity index (χ1) is 15.1. The van der Waals surface area contributed by atoms with E-state index in [1.54, 1.807) is 25.1 Å². The van der Waals surface area contributed by atoms with Crippen LogP contribution in [0.4, 0.5) is 15.8 Å². The summed E-state index contributed by atoms with van der Waals surface area (Å²) in [5.74, 6) is -1.09. The summed E-state index contributed by atoms with van der Waals surface area (Å²) in [6.07, 6.45) is 0. The molecule has 1 heterocycles. The fourth-order valence-corrected chi connectivity index (χ4v) is 3.21. The minimum Gasteiger partial charge on any atom is -0.476 e. The average molecular weight is 462 g/mol. The summed E-state index contributed by atoms with van der Waals surface area (Å²) in [5.41, 5.74) is -0.110. The Hall–Kier alpha value is -3.66. The Labute approximate surface area is 187 Å². The SMILES string of the molecule is COc1nn(-c2ccc(Cl)c(NC(C)=O)c2)c(=O)n(Cc2ccc(F)c(N(C)C)c2)c1=O. The molecule has 0 bridgehead atoms. The molecule has 1 N–H and O–H groups in total. The van der Waals surface area contributed by atoms with Crippen LogP contribution in [-0.2, 0) is 11.3 Å². The van der Waals surface area contributed by atoms with Crippen LogP contribution < -0.4 is 26.2 Å². The molecule has 11 heteroatoms. The van der Waals surface area contributed by atoms with Gasteiger partial charge >= 0.3 is 11.2 Å². The number of carbonyl (C=O) groups is 1. The first-order valence-electron chi connectivity index (χ1n) is 9.43. The van der Waals surface area contributed by atoms with E-state index in [4.69, 9.17) is 16.3 Å². The molecule has 1 amide bonds. The van der Waals surface area contributed by atoms with Crippen LogP contribution in [0.1, 0.15) is 12.5 Å². The second-order valence-electron chi connectivity index (χ2n) is 7.12. The van der Waals surface area contributed by atoms with E-state index in [9.17, 15) is 18.8 Å². The molecule has 0 unspecified atom stereocenters. The minimum absolute atomic E-state index is 0.135. The Morgan fingerprint density at radius 3 is 2.56 bits per heavy atom. The molecule has 0 aliphatic rings. The Bertz CT molecular complexity index is 1300. The smallest absolute Gasteiger partial charge is 0.352 e. The lowest BCUT2D eigenvalue weighted by Crippen LogP contribution is -2.41. The number of methoxy groups -OCH3 is 1. The predicted molar refractivity (Wildman–Crippen MR) is 120 cm³/mol. The molecule has 168 valence electrons. The van der Waals surface area contributed by atoms with E-state index >= 15 is 0 Å². The van der Waals surface area contributed by atoms with Crippen molar-refractivity contribution in [2.45, 2.75) is 13.5 Å². The van der Waals surface area contributed by atoms with Crippen molar-refractivity contribution >= 4 is 28.9 Å². The van der Waals surface area contributed by atoms with Gasteiger partial charge in [0, 0.05) is 21.0 Å². The quantitative estimate of drug-likeness (QED) is 0.604. The van der Waals surface area contributed by atoms with E-state index in [-0.39, 0.29) is 34.7 Å². The summed E-state index contributed by atoms with van der Waals surface area (Å²) in [6.45, 7) is 1.19. The number of nitrogens with one attached hydrogen (secondary N) is 1. The van der Waals surface area contributed by atoms with Gasteiger partial charge in [0.05, 0.1) is 35.7 Å². The molecule has 0 aliphatic carbocycles. The van der Waals surface area contributed by atoms with Gasteiger partial charge in [0.15, 0.2) is 0 Å². The van der Waals surface area contributed by atoms with E-state index in [0.717, 1.165) is 9.25 Å². The van der Waals surface area contributed by atoms with E-state index in [1.165, 1.54) is 44.4 Å². The number of hydrogen-bond donors (Lipinski definition) is 1. The summed E-state index contributed by atoms with van der Waals surface area (Å²) >= 11 is 6.11. The predicted octanol–water partition coefficient (Wildman–Crippen LogP) is 2.27. The lowest BCUT2D eigenvalue weighted by atomic mass is 10.2. The summed E-state index contributed by atoms with van der Waals surface area (Å²) in [5, 5.41) is 6.83. The van der Waals surface area contributed by atoms with Gasteiger partial charge in [0.2, 0.25) is 5.91 Å². The van der Waals surface area contributed by atoms with Crippen molar-refractivity contribution in [1.82, 2.24) is 14.3 Å². The molecule has 0 aliphatic heterocycles. The maximum atomic E-state index is 14.0. The Balaban J connectivity index is 2.16. The van der Waals surface area contributed by atoms with E-state index in [1.807, 2.05) is 0 Å². The highest BCUT2D eigenvalue weighted by atomic mass is 35.5. The number of rotatable bonds is 6. The van der Waals surface area contributed by atoms with Crippen LogP contribution in [0.25, 0.3) is 5.69 Å². The second kappa shape index (κ2) is 9.23. The number of carbonyl (C=O) groups excluding carboxylic acids is 1. The third-order valence-corrected chi connectivity index (χ3v) is 4.89. The normalized spacial score (nSPS) is 10.7. The molecule has 3 rings (SSSR count). The van der Waals surface area contributed by atoms with Gasteiger partial charge in [-0.1, -0.05) is 17.7 Å². The molecule has 0 saturated heterocycles. The average Bonchev–Trinajstić information content (AvgIpc) is 2.73. The lowest BCUT2D eigenvalue weighted by Gasteiger charge is -2.16. The Morgan fingerprint density at radius 1 is 1.22 bits per heavy atom. The standard InChI is InChI=1S/C21H21ClFN5O4/c1-12(29)24-17-10-14(6-7-15(17)22)28-21(31)27(20(30)19(25-28)32-4)11-13-5-8-16(23)18(9-13)26(2)3/h5-10H,11H2,1-4H3,(H,24,29). The zero-order chi connectivity index (χ0) is 23.6. The number of anilines is 2. The Morgan fingerprint density at radius 2 is 1.94 bits per heavy atom. The van der Waals surface area contributed by atoms with Crippen molar-refractivity contribution in [3.63, 3.8) is 0 Å². The van der Waals surface area contributed by atoms with Gasteiger partial charge in [-0.25, -0.2) is 13.8 Å². The van der Waals surface area contributed by atoms with Crippen molar-refractivity contribution < 1.29 is 13.9 Å². The number of amides is 1.